The minimum absolute atomic E-state index is 0.0482. The van der Waals surface area contributed by atoms with Gasteiger partial charge in [-0.1, -0.05) is 0 Å². The number of hydrogen-bond acceptors (Lipinski definition) is 6. The fourth-order valence-electron chi connectivity index (χ4n) is 3.28. The van der Waals surface area contributed by atoms with Crippen LogP contribution in [0, 0.1) is 5.92 Å². The van der Waals surface area contributed by atoms with E-state index in [1.54, 1.807) is 0 Å². The standard InChI is InChI=1S/C17H29N3O5/c1-17(2,3)25-11-8-12(19-9-11)15(22)20-13(16(23)24-4)7-10-5-6-18-14(10)21/h10-13,19H,5-9H2,1-4H3,(H,18,21)(H,20,22)/t10-,11+,12-,13?/m0/s1. The molecule has 0 aliphatic carbocycles. The molecule has 0 spiro atoms. The van der Waals surface area contributed by atoms with Gasteiger partial charge in [-0.2, -0.15) is 0 Å². The van der Waals surface area contributed by atoms with Crippen LogP contribution >= 0.6 is 0 Å². The molecule has 2 aliphatic rings. The molecule has 2 fully saturated rings. The first kappa shape index (κ1) is 19.7. The van der Waals surface area contributed by atoms with E-state index in [0.717, 1.165) is 0 Å². The van der Waals surface area contributed by atoms with Gasteiger partial charge in [0.2, 0.25) is 11.8 Å². The smallest absolute Gasteiger partial charge is 0.328 e. The maximum absolute atomic E-state index is 12.5. The third kappa shape index (κ3) is 5.67. The van der Waals surface area contributed by atoms with Crippen LogP contribution in [0.4, 0.5) is 0 Å². The zero-order valence-corrected chi connectivity index (χ0v) is 15.4. The predicted molar refractivity (Wildman–Crippen MR) is 90.7 cm³/mol. The number of ether oxygens (including phenoxy) is 2. The Hall–Kier alpha value is -1.67. The van der Waals surface area contributed by atoms with Gasteiger partial charge in [-0.05, 0) is 40.0 Å². The Morgan fingerprint density at radius 3 is 2.64 bits per heavy atom. The topological polar surface area (TPSA) is 106 Å². The molecule has 3 N–H and O–H groups in total. The molecule has 2 aliphatic heterocycles. The minimum Gasteiger partial charge on any atom is -0.467 e. The maximum atomic E-state index is 12.5. The number of nitrogens with one attached hydrogen (secondary N) is 3. The number of carbonyl (C=O) groups excluding carboxylic acids is 3. The van der Waals surface area contributed by atoms with Crippen LogP contribution in [0.2, 0.25) is 0 Å². The van der Waals surface area contributed by atoms with Crippen LogP contribution in [-0.4, -0.2) is 61.8 Å². The summed E-state index contributed by atoms with van der Waals surface area (Å²) in [4.78, 5) is 36.2. The van der Waals surface area contributed by atoms with Crippen LogP contribution in [0.25, 0.3) is 0 Å². The van der Waals surface area contributed by atoms with E-state index in [2.05, 4.69) is 16.0 Å². The van der Waals surface area contributed by atoms with E-state index in [-0.39, 0.29) is 35.9 Å². The molecule has 2 rings (SSSR count). The lowest BCUT2D eigenvalue weighted by Gasteiger charge is -2.24. The van der Waals surface area contributed by atoms with Crippen LogP contribution < -0.4 is 16.0 Å². The molecule has 1 unspecified atom stereocenters. The van der Waals surface area contributed by atoms with Gasteiger partial charge in [0, 0.05) is 19.0 Å². The summed E-state index contributed by atoms with van der Waals surface area (Å²) in [7, 11) is 1.28. The largest absolute Gasteiger partial charge is 0.467 e. The predicted octanol–water partition coefficient (Wildman–Crippen LogP) is -0.284. The Morgan fingerprint density at radius 1 is 1.36 bits per heavy atom. The van der Waals surface area contributed by atoms with Gasteiger partial charge < -0.3 is 25.4 Å². The quantitative estimate of drug-likeness (QED) is 0.566. The van der Waals surface area contributed by atoms with E-state index in [9.17, 15) is 14.4 Å². The lowest BCUT2D eigenvalue weighted by molar-refractivity contribution is -0.146. The van der Waals surface area contributed by atoms with E-state index in [4.69, 9.17) is 9.47 Å². The van der Waals surface area contributed by atoms with Gasteiger partial charge in [-0.3, -0.25) is 9.59 Å². The molecule has 0 aromatic heterocycles. The molecule has 8 nitrogen and oxygen atoms in total. The Balaban J connectivity index is 1.91. The van der Waals surface area contributed by atoms with Crippen molar-refractivity contribution in [2.24, 2.45) is 5.92 Å². The summed E-state index contributed by atoms with van der Waals surface area (Å²) < 4.78 is 10.7. The van der Waals surface area contributed by atoms with E-state index in [1.165, 1.54) is 7.11 Å². The van der Waals surface area contributed by atoms with Crippen molar-refractivity contribution in [3.05, 3.63) is 0 Å². The first-order valence-corrected chi connectivity index (χ1v) is 8.76. The first-order valence-electron chi connectivity index (χ1n) is 8.76. The molecule has 0 aromatic carbocycles. The Bertz CT molecular complexity index is 517. The summed E-state index contributed by atoms with van der Waals surface area (Å²) in [6, 6.07) is -1.24. The number of amides is 2. The maximum Gasteiger partial charge on any atom is 0.328 e. The average Bonchev–Trinajstić information content (AvgIpc) is 3.13. The van der Waals surface area contributed by atoms with Gasteiger partial charge in [0.05, 0.1) is 24.9 Å². The summed E-state index contributed by atoms with van der Waals surface area (Å²) in [5.41, 5.74) is -0.276. The van der Waals surface area contributed by atoms with E-state index < -0.39 is 18.1 Å². The molecule has 0 bridgehead atoms. The van der Waals surface area contributed by atoms with Gasteiger partial charge in [0.1, 0.15) is 6.04 Å². The second kappa shape index (κ2) is 8.14. The van der Waals surface area contributed by atoms with Crippen LogP contribution in [0.15, 0.2) is 0 Å². The van der Waals surface area contributed by atoms with Crippen molar-refractivity contribution in [1.29, 1.82) is 0 Å². The molecular formula is C17H29N3O5. The van der Waals surface area contributed by atoms with Gasteiger partial charge in [-0.25, -0.2) is 4.79 Å². The van der Waals surface area contributed by atoms with E-state index in [1.807, 2.05) is 20.8 Å². The molecule has 0 aromatic rings. The fourth-order valence-corrected chi connectivity index (χ4v) is 3.28. The monoisotopic (exact) mass is 355 g/mol. The molecular weight excluding hydrogens is 326 g/mol. The zero-order valence-electron chi connectivity index (χ0n) is 15.4. The summed E-state index contributed by atoms with van der Waals surface area (Å²) >= 11 is 0. The highest BCUT2D eigenvalue weighted by Crippen LogP contribution is 2.20. The highest BCUT2D eigenvalue weighted by atomic mass is 16.5. The number of hydrogen-bond donors (Lipinski definition) is 3. The first-order chi connectivity index (χ1) is 11.7. The van der Waals surface area contributed by atoms with Gasteiger partial charge >= 0.3 is 5.97 Å². The highest BCUT2D eigenvalue weighted by molar-refractivity contribution is 5.88. The number of esters is 1. The van der Waals surface area contributed by atoms with Gasteiger partial charge in [0.25, 0.3) is 0 Å². The normalized spacial score (nSPS) is 27.7. The second-order valence-electron chi connectivity index (χ2n) is 7.65. The van der Waals surface area contributed by atoms with Crippen LogP contribution in [0.3, 0.4) is 0 Å². The number of rotatable bonds is 6. The van der Waals surface area contributed by atoms with Crippen molar-refractivity contribution < 1.29 is 23.9 Å². The lowest BCUT2D eigenvalue weighted by Crippen LogP contribution is -2.49. The van der Waals surface area contributed by atoms with Gasteiger partial charge in [0.15, 0.2) is 0 Å². The molecule has 2 amide bonds. The lowest BCUT2D eigenvalue weighted by atomic mass is 9.98. The summed E-state index contributed by atoms with van der Waals surface area (Å²) in [6.07, 6.45) is 1.40. The van der Waals surface area contributed by atoms with Crippen molar-refractivity contribution in [2.45, 2.75) is 63.8 Å². The Kier molecular flexibility index (Phi) is 6.40. The van der Waals surface area contributed by atoms with Crippen LogP contribution in [0.5, 0.6) is 0 Å². The Labute approximate surface area is 148 Å². The molecule has 25 heavy (non-hydrogen) atoms. The van der Waals surface area contributed by atoms with Crippen molar-refractivity contribution >= 4 is 17.8 Å². The Morgan fingerprint density at radius 2 is 2.08 bits per heavy atom. The molecule has 2 saturated heterocycles. The van der Waals surface area contributed by atoms with Crippen molar-refractivity contribution in [1.82, 2.24) is 16.0 Å². The molecule has 4 atom stereocenters. The van der Waals surface area contributed by atoms with Crippen LogP contribution in [-0.2, 0) is 23.9 Å². The third-order valence-corrected chi connectivity index (χ3v) is 4.41. The van der Waals surface area contributed by atoms with Crippen molar-refractivity contribution in [3.8, 4) is 0 Å². The van der Waals surface area contributed by atoms with Crippen molar-refractivity contribution in [2.75, 3.05) is 20.2 Å². The molecule has 2 heterocycles. The van der Waals surface area contributed by atoms with E-state index in [0.29, 0.717) is 25.9 Å². The SMILES string of the molecule is COC(=O)C(C[C@@H]1CCNC1=O)NC(=O)[C@@H]1C[C@@H](OC(C)(C)C)CN1. The van der Waals surface area contributed by atoms with Gasteiger partial charge in [-0.15, -0.1) is 0 Å². The van der Waals surface area contributed by atoms with Crippen molar-refractivity contribution in [3.63, 3.8) is 0 Å². The molecule has 142 valence electrons. The number of methoxy groups -OCH3 is 1. The van der Waals surface area contributed by atoms with E-state index >= 15 is 0 Å². The second-order valence-corrected chi connectivity index (χ2v) is 7.65. The molecule has 0 saturated carbocycles. The molecule has 0 radical (unpaired) electrons. The number of carbonyl (C=O) groups is 3. The highest BCUT2D eigenvalue weighted by Gasteiger charge is 2.36. The zero-order chi connectivity index (χ0) is 18.6. The summed E-state index contributed by atoms with van der Waals surface area (Å²) in [5, 5.41) is 8.59. The molecule has 8 heteroatoms. The third-order valence-electron chi connectivity index (χ3n) is 4.41. The minimum atomic E-state index is -0.823. The summed E-state index contributed by atoms with van der Waals surface area (Å²) in [5.74, 6) is -1.17. The fraction of sp³-hybridized carbons (Fsp3) is 0.824. The summed E-state index contributed by atoms with van der Waals surface area (Å²) in [6.45, 7) is 7.10. The van der Waals surface area contributed by atoms with Crippen LogP contribution in [0.1, 0.15) is 40.0 Å². The average molecular weight is 355 g/mol.